The SMILES string of the molecule is CCOC(=O)C(N=O)Sc1ccc(C)cc1. The number of hydrogen-bond donors (Lipinski definition) is 0. The largest absolute Gasteiger partial charge is 0.464 e. The third-order valence-corrected chi connectivity index (χ3v) is 2.90. The molecule has 0 amide bonds. The topological polar surface area (TPSA) is 55.7 Å². The van der Waals surface area contributed by atoms with Gasteiger partial charge in [-0.3, -0.25) is 0 Å². The van der Waals surface area contributed by atoms with Crippen LogP contribution in [0.25, 0.3) is 0 Å². The summed E-state index contributed by atoms with van der Waals surface area (Å²) < 4.78 is 4.74. The van der Waals surface area contributed by atoms with Crippen LogP contribution in [0.1, 0.15) is 12.5 Å². The van der Waals surface area contributed by atoms with E-state index in [-0.39, 0.29) is 6.61 Å². The highest BCUT2D eigenvalue weighted by atomic mass is 32.2. The summed E-state index contributed by atoms with van der Waals surface area (Å²) in [4.78, 5) is 22.7. The van der Waals surface area contributed by atoms with Gasteiger partial charge in [0.2, 0.25) is 5.37 Å². The smallest absolute Gasteiger partial charge is 0.345 e. The minimum absolute atomic E-state index is 0.249. The van der Waals surface area contributed by atoms with E-state index in [2.05, 4.69) is 5.18 Å². The second-order valence-corrected chi connectivity index (χ2v) is 4.29. The van der Waals surface area contributed by atoms with Crippen molar-refractivity contribution < 1.29 is 9.53 Å². The van der Waals surface area contributed by atoms with Gasteiger partial charge in [-0.1, -0.05) is 29.5 Å². The van der Waals surface area contributed by atoms with Crippen LogP contribution in [0.4, 0.5) is 0 Å². The van der Waals surface area contributed by atoms with E-state index in [4.69, 9.17) is 4.74 Å². The van der Waals surface area contributed by atoms with Gasteiger partial charge in [-0.15, -0.1) is 4.91 Å². The van der Waals surface area contributed by atoms with Crippen molar-refractivity contribution in [1.29, 1.82) is 0 Å². The molecule has 0 radical (unpaired) electrons. The highest BCUT2D eigenvalue weighted by Gasteiger charge is 2.21. The van der Waals surface area contributed by atoms with E-state index in [1.54, 1.807) is 6.92 Å². The number of thioether (sulfide) groups is 1. The summed E-state index contributed by atoms with van der Waals surface area (Å²) in [6.07, 6.45) is 0. The average Bonchev–Trinajstić information content (AvgIpc) is 2.28. The lowest BCUT2D eigenvalue weighted by atomic mass is 10.2. The first-order valence-electron chi connectivity index (χ1n) is 4.89. The Hall–Kier alpha value is -1.36. The number of carbonyl (C=O) groups excluding carboxylic acids is 1. The van der Waals surface area contributed by atoms with Gasteiger partial charge in [0.25, 0.3) is 0 Å². The highest BCUT2D eigenvalue weighted by molar-refractivity contribution is 8.00. The molecular weight excluding hydrogens is 226 g/mol. The maximum atomic E-state index is 11.3. The van der Waals surface area contributed by atoms with Crippen LogP contribution in [0.5, 0.6) is 0 Å². The zero-order chi connectivity index (χ0) is 12.0. The van der Waals surface area contributed by atoms with E-state index in [0.29, 0.717) is 0 Å². The lowest BCUT2D eigenvalue weighted by molar-refractivity contribution is -0.142. The summed E-state index contributed by atoms with van der Waals surface area (Å²) in [6, 6.07) is 7.51. The minimum Gasteiger partial charge on any atom is -0.464 e. The first-order chi connectivity index (χ1) is 7.67. The predicted molar refractivity (Wildman–Crippen MR) is 63.3 cm³/mol. The molecule has 0 aliphatic rings. The molecule has 0 N–H and O–H groups in total. The number of nitroso groups, excluding NO2 is 1. The molecular formula is C11H13NO3S. The first kappa shape index (κ1) is 12.7. The summed E-state index contributed by atoms with van der Waals surface area (Å²) in [7, 11) is 0. The van der Waals surface area contributed by atoms with Crippen molar-refractivity contribution in [2.45, 2.75) is 24.1 Å². The zero-order valence-corrected chi connectivity index (χ0v) is 9.99. The Morgan fingerprint density at radius 1 is 1.44 bits per heavy atom. The second-order valence-electron chi connectivity index (χ2n) is 3.14. The maximum absolute atomic E-state index is 11.3. The Kier molecular flexibility index (Phi) is 4.98. The molecule has 0 bridgehead atoms. The fraction of sp³-hybridized carbons (Fsp3) is 0.364. The molecule has 1 unspecified atom stereocenters. The van der Waals surface area contributed by atoms with E-state index >= 15 is 0 Å². The lowest BCUT2D eigenvalue weighted by Gasteiger charge is -2.07. The summed E-state index contributed by atoms with van der Waals surface area (Å²) in [5.41, 5.74) is 1.12. The van der Waals surface area contributed by atoms with Gasteiger partial charge >= 0.3 is 5.97 Å². The molecule has 5 heteroatoms. The Bertz CT molecular complexity index is 364. The van der Waals surface area contributed by atoms with Gasteiger partial charge in [0.15, 0.2) is 0 Å². The number of esters is 1. The van der Waals surface area contributed by atoms with Gasteiger partial charge in [-0.25, -0.2) is 4.79 Å². The quantitative estimate of drug-likeness (QED) is 0.450. The third-order valence-electron chi connectivity index (χ3n) is 1.85. The standard InChI is InChI=1S/C11H13NO3S/c1-3-15-11(13)10(12-14)16-9-6-4-8(2)5-7-9/h4-7,10H,3H2,1-2H3. The fourth-order valence-corrected chi connectivity index (χ4v) is 1.83. The van der Waals surface area contributed by atoms with Crippen molar-refractivity contribution in [2.75, 3.05) is 6.61 Å². The second kappa shape index (κ2) is 6.27. The molecule has 16 heavy (non-hydrogen) atoms. The number of aryl methyl sites for hydroxylation is 1. The Morgan fingerprint density at radius 3 is 2.56 bits per heavy atom. The van der Waals surface area contributed by atoms with Gasteiger partial charge in [0, 0.05) is 4.90 Å². The predicted octanol–water partition coefficient (Wildman–Crippen LogP) is 2.74. The molecule has 0 saturated carbocycles. The van der Waals surface area contributed by atoms with Gasteiger partial charge in [0.05, 0.1) is 6.61 Å². The lowest BCUT2D eigenvalue weighted by Crippen LogP contribution is -2.17. The molecule has 0 saturated heterocycles. The molecule has 1 aromatic carbocycles. The number of nitrogens with zero attached hydrogens (tertiary/aromatic N) is 1. The van der Waals surface area contributed by atoms with E-state index in [9.17, 15) is 9.70 Å². The molecule has 4 nitrogen and oxygen atoms in total. The van der Waals surface area contributed by atoms with Crippen molar-refractivity contribution in [1.82, 2.24) is 0 Å². The third kappa shape index (κ3) is 3.66. The van der Waals surface area contributed by atoms with Crippen LogP contribution < -0.4 is 0 Å². The molecule has 86 valence electrons. The molecule has 0 aromatic heterocycles. The van der Waals surface area contributed by atoms with Gasteiger partial charge in [-0.2, -0.15) is 0 Å². The molecule has 1 aromatic rings. The number of ether oxygens (including phenoxy) is 1. The van der Waals surface area contributed by atoms with Crippen LogP contribution in [-0.2, 0) is 9.53 Å². The van der Waals surface area contributed by atoms with Crippen LogP contribution in [0.15, 0.2) is 34.3 Å². The molecule has 0 heterocycles. The summed E-state index contributed by atoms with van der Waals surface area (Å²) >= 11 is 1.09. The van der Waals surface area contributed by atoms with E-state index in [1.807, 2.05) is 31.2 Å². The van der Waals surface area contributed by atoms with Gasteiger partial charge in [-0.05, 0) is 31.2 Å². The number of rotatable bonds is 5. The van der Waals surface area contributed by atoms with Crippen LogP contribution in [0.2, 0.25) is 0 Å². The zero-order valence-electron chi connectivity index (χ0n) is 9.17. The van der Waals surface area contributed by atoms with Gasteiger partial charge < -0.3 is 4.74 Å². The summed E-state index contributed by atoms with van der Waals surface area (Å²) in [5, 5.41) is 1.74. The normalized spacial score (nSPS) is 11.9. The van der Waals surface area contributed by atoms with Crippen molar-refractivity contribution in [3.05, 3.63) is 34.7 Å². The minimum atomic E-state index is -1.03. The number of benzene rings is 1. The molecule has 0 fully saturated rings. The van der Waals surface area contributed by atoms with E-state index < -0.39 is 11.3 Å². The molecule has 1 rings (SSSR count). The first-order valence-corrected chi connectivity index (χ1v) is 5.77. The molecule has 0 spiro atoms. The Balaban J connectivity index is 2.66. The average molecular weight is 239 g/mol. The Morgan fingerprint density at radius 2 is 2.06 bits per heavy atom. The number of hydrogen-bond acceptors (Lipinski definition) is 5. The van der Waals surface area contributed by atoms with Crippen LogP contribution in [0.3, 0.4) is 0 Å². The van der Waals surface area contributed by atoms with Crippen molar-refractivity contribution in [3.63, 3.8) is 0 Å². The monoisotopic (exact) mass is 239 g/mol. The van der Waals surface area contributed by atoms with Gasteiger partial charge in [0.1, 0.15) is 0 Å². The van der Waals surface area contributed by atoms with E-state index in [1.165, 1.54) is 0 Å². The van der Waals surface area contributed by atoms with Crippen LogP contribution in [0, 0.1) is 11.8 Å². The molecule has 0 aliphatic heterocycles. The molecule has 0 aliphatic carbocycles. The highest BCUT2D eigenvalue weighted by Crippen LogP contribution is 2.25. The fourth-order valence-electron chi connectivity index (χ4n) is 1.07. The van der Waals surface area contributed by atoms with Crippen molar-refractivity contribution >= 4 is 17.7 Å². The van der Waals surface area contributed by atoms with Crippen molar-refractivity contribution in [2.24, 2.45) is 5.18 Å². The Labute approximate surface area is 98.3 Å². The maximum Gasteiger partial charge on any atom is 0.345 e. The van der Waals surface area contributed by atoms with Crippen LogP contribution in [-0.4, -0.2) is 18.0 Å². The summed E-state index contributed by atoms with van der Waals surface area (Å²) in [5.74, 6) is -0.594. The van der Waals surface area contributed by atoms with Crippen LogP contribution >= 0.6 is 11.8 Å². The van der Waals surface area contributed by atoms with Crippen molar-refractivity contribution in [3.8, 4) is 0 Å². The molecule has 1 atom stereocenters. The summed E-state index contributed by atoms with van der Waals surface area (Å²) in [6.45, 7) is 3.91. The van der Waals surface area contributed by atoms with E-state index in [0.717, 1.165) is 22.2 Å². The number of carbonyl (C=O) groups is 1.